The van der Waals surface area contributed by atoms with Crippen molar-refractivity contribution in [1.29, 1.82) is 0 Å². The molecule has 0 saturated carbocycles. The summed E-state index contributed by atoms with van der Waals surface area (Å²) in [4.78, 5) is 12.6. The monoisotopic (exact) mass is 369 g/mol. The number of hydrogen-bond donors (Lipinski definition) is 1. The molecule has 0 unspecified atom stereocenters. The summed E-state index contributed by atoms with van der Waals surface area (Å²) in [5, 5.41) is 10.8. The van der Waals surface area contributed by atoms with Crippen molar-refractivity contribution in [2.24, 2.45) is 11.8 Å². The van der Waals surface area contributed by atoms with E-state index in [-0.39, 0.29) is 11.4 Å². The maximum atomic E-state index is 12.1. The number of nitrogens with one attached hydrogen (secondary N) is 1. The maximum Gasteiger partial charge on any atom is 0.269 e. The van der Waals surface area contributed by atoms with Crippen molar-refractivity contribution in [1.82, 2.24) is 9.62 Å². The molecule has 1 fully saturated rings. The lowest BCUT2D eigenvalue weighted by atomic mass is 9.92. The van der Waals surface area contributed by atoms with Crippen molar-refractivity contribution in [3.63, 3.8) is 0 Å². The van der Waals surface area contributed by atoms with Gasteiger partial charge in [-0.25, -0.2) is 13.1 Å². The summed E-state index contributed by atoms with van der Waals surface area (Å²) >= 11 is 0. The molecule has 140 valence electrons. The first kappa shape index (κ1) is 19.8. The zero-order chi connectivity index (χ0) is 18.4. The SMILES string of the molecule is C[C@@H]1C[C@H](C)CN(CCCNS(=O)(=O)Cc2cccc([N+](=O)[O-])c2)C1. The summed E-state index contributed by atoms with van der Waals surface area (Å²) in [6, 6.07) is 5.74. The van der Waals surface area contributed by atoms with Crippen LogP contribution >= 0.6 is 0 Å². The minimum atomic E-state index is -3.49. The standard InChI is InChI=1S/C17H27N3O4S/c1-14-9-15(2)12-19(11-14)8-4-7-18-25(23,24)13-16-5-3-6-17(10-16)20(21)22/h3,5-6,10,14-15,18H,4,7-9,11-13H2,1-2H3/t14-,15+. The Morgan fingerprint density at radius 1 is 1.28 bits per heavy atom. The molecule has 1 aliphatic rings. The lowest BCUT2D eigenvalue weighted by Crippen LogP contribution is -2.40. The van der Waals surface area contributed by atoms with E-state index in [1.807, 2.05) is 0 Å². The van der Waals surface area contributed by atoms with Crippen molar-refractivity contribution in [3.05, 3.63) is 39.9 Å². The van der Waals surface area contributed by atoms with E-state index in [0.29, 0.717) is 23.9 Å². The van der Waals surface area contributed by atoms with Crippen molar-refractivity contribution in [2.45, 2.75) is 32.4 Å². The number of likely N-dealkylation sites (tertiary alicyclic amines) is 1. The average Bonchev–Trinajstić information content (AvgIpc) is 2.50. The van der Waals surface area contributed by atoms with Crippen LogP contribution in [0, 0.1) is 22.0 Å². The molecular weight excluding hydrogens is 342 g/mol. The molecular formula is C17H27N3O4S. The second-order valence-corrected chi connectivity index (χ2v) is 8.95. The Bertz CT molecular complexity index is 683. The van der Waals surface area contributed by atoms with Crippen LogP contribution in [0.1, 0.15) is 32.3 Å². The largest absolute Gasteiger partial charge is 0.303 e. The smallest absolute Gasteiger partial charge is 0.269 e. The Kier molecular flexibility index (Phi) is 6.92. The molecule has 25 heavy (non-hydrogen) atoms. The average molecular weight is 369 g/mol. The first-order valence-corrected chi connectivity index (χ1v) is 10.3. The molecule has 1 aromatic rings. The molecule has 0 bridgehead atoms. The molecule has 7 nitrogen and oxygen atoms in total. The molecule has 0 aliphatic carbocycles. The summed E-state index contributed by atoms with van der Waals surface area (Å²) < 4.78 is 26.9. The van der Waals surface area contributed by atoms with Crippen LogP contribution in [0.3, 0.4) is 0 Å². The Morgan fingerprint density at radius 2 is 1.96 bits per heavy atom. The van der Waals surface area contributed by atoms with Crippen molar-refractivity contribution >= 4 is 15.7 Å². The molecule has 0 aromatic heterocycles. The van der Waals surface area contributed by atoms with E-state index >= 15 is 0 Å². The number of piperidine rings is 1. The molecule has 8 heteroatoms. The zero-order valence-electron chi connectivity index (χ0n) is 14.8. The third-order valence-corrected chi connectivity index (χ3v) is 5.75. The topological polar surface area (TPSA) is 92.6 Å². The van der Waals surface area contributed by atoms with E-state index in [1.54, 1.807) is 6.07 Å². The first-order chi connectivity index (χ1) is 11.7. The number of rotatable bonds is 8. The quantitative estimate of drug-likeness (QED) is 0.431. The number of benzene rings is 1. The number of nitro benzene ring substituents is 1. The third-order valence-electron chi connectivity index (χ3n) is 4.40. The van der Waals surface area contributed by atoms with Gasteiger partial charge in [0.25, 0.3) is 5.69 Å². The minimum Gasteiger partial charge on any atom is -0.303 e. The van der Waals surface area contributed by atoms with Gasteiger partial charge in [-0.3, -0.25) is 10.1 Å². The molecule has 2 atom stereocenters. The van der Waals surface area contributed by atoms with Gasteiger partial charge in [-0.05, 0) is 36.8 Å². The minimum absolute atomic E-state index is 0.0963. The van der Waals surface area contributed by atoms with Crippen molar-refractivity contribution < 1.29 is 13.3 Å². The van der Waals surface area contributed by atoms with Gasteiger partial charge in [0, 0.05) is 31.8 Å². The van der Waals surface area contributed by atoms with Gasteiger partial charge in [-0.2, -0.15) is 0 Å². The summed E-state index contributed by atoms with van der Waals surface area (Å²) in [7, 11) is -3.49. The van der Waals surface area contributed by atoms with Gasteiger partial charge in [0.05, 0.1) is 10.7 Å². The predicted molar refractivity (Wildman–Crippen MR) is 97.7 cm³/mol. The molecule has 2 rings (SSSR count). The van der Waals surface area contributed by atoms with Gasteiger partial charge in [0.1, 0.15) is 0 Å². The van der Waals surface area contributed by atoms with Gasteiger partial charge in [-0.15, -0.1) is 0 Å². The second kappa shape index (κ2) is 8.73. The van der Waals surface area contributed by atoms with E-state index in [4.69, 9.17) is 0 Å². The maximum absolute atomic E-state index is 12.1. The van der Waals surface area contributed by atoms with Crippen LogP contribution in [0.2, 0.25) is 0 Å². The van der Waals surface area contributed by atoms with Crippen LogP contribution < -0.4 is 4.72 Å². The normalized spacial score (nSPS) is 22.0. The Hall–Kier alpha value is -1.51. The van der Waals surface area contributed by atoms with Crippen LogP contribution in [0.5, 0.6) is 0 Å². The van der Waals surface area contributed by atoms with Crippen LogP contribution in [-0.4, -0.2) is 44.4 Å². The summed E-state index contributed by atoms with van der Waals surface area (Å²) in [6.45, 7) is 7.93. The fourth-order valence-electron chi connectivity index (χ4n) is 3.54. The lowest BCUT2D eigenvalue weighted by molar-refractivity contribution is -0.384. The van der Waals surface area contributed by atoms with Gasteiger partial charge in [0.15, 0.2) is 0 Å². The van der Waals surface area contributed by atoms with Crippen LogP contribution in [0.4, 0.5) is 5.69 Å². The van der Waals surface area contributed by atoms with Crippen LogP contribution in [-0.2, 0) is 15.8 Å². The fourth-order valence-corrected chi connectivity index (χ4v) is 4.71. The highest BCUT2D eigenvalue weighted by Gasteiger charge is 2.21. The Morgan fingerprint density at radius 3 is 2.60 bits per heavy atom. The molecule has 0 spiro atoms. The fraction of sp³-hybridized carbons (Fsp3) is 0.647. The summed E-state index contributed by atoms with van der Waals surface area (Å²) in [5.74, 6) is 1.13. The van der Waals surface area contributed by atoms with E-state index in [1.165, 1.54) is 24.6 Å². The summed E-state index contributed by atoms with van der Waals surface area (Å²) in [5.41, 5.74) is 0.321. The lowest BCUT2D eigenvalue weighted by Gasteiger charge is -2.34. The van der Waals surface area contributed by atoms with Gasteiger partial charge in [-0.1, -0.05) is 26.0 Å². The van der Waals surface area contributed by atoms with Gasteiger partial charge in [0.2, 0.25) is 10.0 Å². The number of non-ortho nitro benzene ring substituents is 1. The molecule has 1 heterocycles. The number of nitro groups is 1. The Balaban J connectivity index is 1.78. The van der Waals surface area contributed by atoms with Crippen molar-refractivity contribution in [2.75, 3.05) is 26.2 Å². The highest BCUT2D eigenvalue weighted by atomic mass is 32.2. The third kappa shape index (κ3) is 6.72. The molecule has 1 N–H and O–H groups in total. The van der Waals surface area contributed by atoms with Gasteiger partial charge < -0.3 is 4.90 Å². The van der Waals surface area contributed by atoms with E-state index in [9.17, 15) is 18.5 Å². The van der Waals surface area contributed by atoms with Crippen molar-refractivity contribution in [3.8, 4) is 0 Å². The highest BCUT2D eigenvalue weighted by Crippen LogP contribution is 2.20. The molecule has 0 amide bonds. The highest BCUT2D eigenvalue weighted by molar-refractivity contribution is 7.88. The zero-order valence-corrected chi connectivity index (χ0v) is 15.7. The number of hydrogen-bond acceptors (Lipinski definition) is 5. The van der Waals surface area contributed by atoms with E-state index in [2.05, 4.69) is 23.5 Å². The summed E-state index contributed by atoms with van der Waals surface area (Å²) in [6.07, 6.45) is 2.01. The number of sulfonamides is 1. The molecule has 1 saturated heterocycles. The van der Waals surface area contributed by atoms with E-state index < -0.39 is 14.9 Å². The van der Waals surface area contributed by atoms with Crippen LogP contribution in [0.25, 0.3) is 0 Å². The molecule has 1 aromatic carbocycles. The van der Waals surface area contributed by atoms with Gasteiger partial charge >= 0.3 is 0 Å². The predicted octanol–water partition coefficient (Wildman–Crippen LogP) is 2.38. The number of nitrogens with zero attached hydrogens (tertiary/aromatic N) is 2. The molecule has 1 aliphatic heterocycles. The second-order valence-electron chi connectivity index (χ2n) is 7.14. The van der Waals surface area contributed by atoms with E-state index in [0.717, 1.165) is 26.1 Å². The molecule has 0 radical (unpaired) electrons. The van der Waals surface area contributed by atoms with Crippen LogP contribution in [0.15, 0.2) is 24.3 Å². The first-order valence-electron chi connectivity index (χ1n) is 8.68. The Labute approximate surface area is 149 Å².